The molecule has 0 spiro atoms. The molecule has 0 aliphatic carbocycles. The van der Waals surface area contributed by atoms with E-state index in [0.29, 0.717) is 32.6 Å². The van der Waals surface area contributed by atoms with Gasteiger partial charge in [-0.3, -0.25) is 9.59 Å². The van der Waals surface area contributed by atoms with E-state index in [4.69, 9.17) is 4.74 Å². The summed E-state index contributed by atoms with van der Waals surface area (Å²) in [6.45, 7) is 5.90. The van der Waals surface area contributed by atoms with Crippen molar-refractivity contribution in [1.82, 2.24) is 5.32 Å². The highest BCUT2D eigenvalue weighted by Gasteiger charge is 2.41. The van der Waals surface area contributed by atoms with Crippen LogP contribution < -0.4 is 10.2 Å². The zero-order chi connectivity index (χ0) is 19.9. The Labute approximate surface area is 170 Å². The van der Waals surface area contributed by atoms with Crippen LogP contribution in [0, 0.1) is 12.8 Å². The van der Waals surface area contributed by atoms with E-state index in [1.165, 1.54) is 0 Å². The molecule has 5 nitrogen and oxygen atoms in total. The summed E-state index contributed by atoms with van der Waals surface area (Å²) in [6, 6.07) is 11.7. The molecule has 0 radical (unpaired) electrons. The van der Waals surface area contributed by atoms with Crippen molar-refractivity contribution >= 4 is 28.8 Å². The Morgan fingerprint density at radius 2 is 2.07 bits per heavy atom. The fourth-order valence-corrected chi connectivity index (χ4v) is 4.50. The zero-order valence-corrected chi connectivity index (χ0v) is 17.3. The van der Waals surface area contributed by atoms with E-state index in [0.717, 1.165) is 22.5 Å². The molecular formula is C22H28N2O3S. The maximum atomic E-state index is 13.0. The summed E-state index contributed by atoms with van der Waals surface area (Å²) in [5.74, 6) is -0.174. The van der Waals surface area contributed by atoms with Crippen LogP contribution in [0.3, 0.4) is 0 Å². The molecule has 1 saturated heterocycles. The molecule has 2 amide bonds. The van der Waals surface area contributed by atoms with Crippen molar-refractivity contribution in [2.75, 3.05) is 24.7 Å². The van der Waals surface area contributed by atoms with Crippen LogP contribution in [0.2, 0.25) is 0 Å². The van der Waals surface area contributed by atoms with Gasteiger partial charge in [0.05, 0.1) is 12.0 Å². The molecule has 0 saturated carbocycles. The Hall–Kier alpha value is -2.18. The maximum absolute atomic E-state index is 13.0. The average Bonchev–Trinajstić information content (AvgIpc) is 3.23. The Morgan fingerprint density at radius 3 is 2.75 bits per heavy atom. The number of anilines is 1. The van der Waals surface area contributed by atoms with Crippen LogP contribution in [0.25, 0.3) is 0 Å². The number of nitrogens with zero attached hydrogens (tertiary/aromatic N) is 1. The molecule has 2 aromatic rings. The van der Waals surface area contributed by atoms with Gasteiger partial charge in [0.15, 0.2) is 0 Å². The maximum Gasteiger partial charge on any atom is 0.227 e. The first kappa shape index (κ1) is 20.6. The van der Waals surface area contributed by atoms with E-state index >= 15 is 0 Å². The topological polar surface area (TPSA) is 58.6 Å². The van der Waals surface area contributed by atoms with Gasteiger partial charge in [-0.05, 0) is 50.3 Å². The van der Waals surface area contributed by atoms with Crippen molar-refractivity contribution in [2.24, 2.45) is 5.92 Å². The van der Waals surface area contributed by atoms with E-state index in [9.17, 15) is 9.59 Å². The number of ether oxygens (including phenoxy) is 1. The van der Waals surface area contributed by atoms with Gasteiger partial charge in [-0.15, -0.1) is 11.3 Å². The number of nitrogens with one attached hydrogen (secondary N) is 1. The quantitative estimate of drug-likeness (QED) is 0.679. The van der Waals surface area contributed by atoms with Crippen LogP contribution in [-0.4, -0.2) is 31.6 Å². The first-order chi connectivity index (χ1) is 13.6. The van der Waals surface area contributed by atoms with Crippen molar-refractivity contribution in [2.45, 2.75) is 39.2 Å². The molecule has 1 N–H and O–H groups in total. The lowest BCUT2D eigenvalue weighted by molar-refractivity contribution is -0.129. The SMILES string of the molecule is CCOCCCNC(=O)[C@@H]1CCC(=O)N(c2ccc(C)cc2)[C@H]1c1cccs1. The summed E-state index contributed by atoms with van der Waals surface area (Å²) in [4.78, 5) is 28.7. The van der Waals surface area contributed by atoms with Crippen molar-refractivity contribution in [3.8, 4) is 0 Å². The van der Waals surface area contributed by atoms with Crippen molar-refractivity contribution in [3.63, 3.8) is 0 Å². The fraction of sp³-hybridized carbons (Fsp3) is 0.455. The van der Waals surface area contributed by atoms with Gasteiger partial charge in [-0.2, -0.15) is 0 Å². The predicted molar refractivity (Wildman–Crippen MR) is 113 cm³/mol. The second-order valence-corrected chi connectivity index (χ2v) is 8.03. The molecular weight excluding hydrogens is 372 g/mol. The number of hydrogen-bond acceptors (Lipinski definition) is 4. The number of benzene rings is 1. The number of aryl methyl sites for hydroxylation is 1. The third kappa shape index (κ3) is 4.80. The Morgan fingerprint density at radius 1 is 1.29 bits per heavy atom. The van der Waals surface area contributed by atoms with Gasteiger partial charge < -0.3 is 15.0 Å². The summed E-state index contributed by atoms with van der Waals surface area (Å²) in [7, 11) is 0. The van der Waals surface area contributed by atoms with Gasteiger partial charge in [-0.1, -0.05) is 23.8 Å². The van der Waals surface area contributed by atoms with Crippen LogP contribution in [0.15, 0.2) is 41.8 Å². The molecule has 0 bridgehead atoms. The molecule has 6 heteroatoms. The highest BCUT2D eigenvalue weighted by Crippen LogP contribution is 2.41. The minimum Gasteiger partial charge on any atom is -0.382 e. The van der Waals surface area contributed by atoms with Crippen molar-refractivity contribution in [1.29, 1.82) is 0 Å². The first-order valence-corrected chi connectivity index (χ1v) is 10.8. The first-order valence-electron chi connectivity index (χ1n) is 9.89. The molecule has 3 rings (SSSR count). The van der Waals surface area contributed by atoms with E-state index < -0.39 is 0 Å². The minimum atomic E-state index is -0.268. The van der Waals surface area contributed by atoms with Gasteiger partial charge in [0.1, 0.15) is 0 Å². The van der Waals surface area contributed by atoms with E-state index in [1.54, 1.807) is 11.3 Å². The van der Waals surface area contributed by atoms with Gasteiger partial charge in [0, 0.05) is 36.7 Å². The van der Waals surface area contributed by atoms with Crippen molar-refractivity contribution in [3.05, 3.63) is 52.2 Å². The predicted octanol–water partition coefficient (Wildman–Crippen LogP) is 4.08. The Balaban J connectivity index is 1.82. The second-order valence-electron chi connectivity index (χ2n) is 7.05. The lowest BCUT2D eigenvalue weighted by atomic mass is 9.86. The molecule has 1 aliphatic rings. The smallest absolute Gasteiger partial charge is 0.227 e. The summed E-state index contributed by atoms with van der Waals surface area (Å²) in [5, 5.41) is 5.05. The van der Waals surface area contributed by atoms with Crippen LogP contribution in [-0.2, 0) is 14.3 Å². The lowest BCUT2D eigenvalue weighted by Gasteiger charge is -2.40. The number of carbonyl (C=O) groups is 2. The highest BCUT2D eigenvalue weighted by atomic mass is 32.1. The zero-order valence-electron chi connectivity index (χ0n) is 16.5. The number of hydrogen-bond donors (Lipinski definition) is 1. The molecule has 1 aromatic carbocycles. The van der Waals surface area contributed by atoms with Gasteiger partial charge in [0.2, 0.25) is 11.8 Å². The van der Waals surface area contributed by atoms with Gasteiger partial charge >= 0.3 is 0 Å². The lowest BCUT2D eigenvalue weighted by Crippen LogP contribution is -2.48. The second kappa shape index (κ2) is 9.85. The highest BCUT2D eigenvalue weighted by molar-refractivity contribution is 7.10. The summed E-state index contributed by atoms with van der Waals surface area (Å²) in [6.07, 6.45) is 1.74. The van der Waals surface area contributed by atoms with E-state index in [2.05, 4.69) is 5.32 Å². The molecule has 28 heavy (non-hydrogen) atoms. The Bertz CT molecular complexity index is 774. The third-order valence-electron chi connectivity index (χ3n) is 5.05. The third-order valence-corrected chi connectivity index (χ3v) is 5.99. The van der Waals surface area contributed by atoms with Crippen LogP contribution >= 0.6 is 11.3 Å². The number of thiophene rings is 1. The molecule has 2 heterocycles. The van der Waals surface area contributed by atoms with Crippen LogP contribution in [0.4, 0.5) is 5.69 Å². The molecule has 2 atom stereocenters. The molecule has 1 aliphatic heterocycles. The van der Waals surface area contributed by atoms with Gasteiger partial charge in [0.25, 0.3) is 0 Å². The largest absolute Gasteiger partial charge is 0.382 e. The molecule has 1 aromatic heterocycles. The van der Waals surface area contributed by atoms with Crippen LogP contribution in [0.1, 0.15) is 42.7 Å². The average molecular weight is 401 g/mol. The summed E-state index contributed by atoms with van der Waals surface area (Å²) < 4.78 is 5.34. The van der Waals surface area contributed by atoms with Crippen molar-refractivity contribution < 1.29 is 14.3 Å². The van der Waals surface area contributed by atoms with Gasteiger partial charge in [-0.25, -0.2) is 0 Å². The number of rotatable bonds is 8. The van der Waals surface area contributed by atoms with E-state index in [1.807, 2.05) is 60.5 Å². The minimum absolute atomic E-state index is 0.0134. The summed E-state index contributed by atoms with van der Waals surface area (Å²) >= 11 is 1.60. The molecule has 1 fully saturated rings. The van der Waals surface area contributed by atoms with E-state index in [-0.39, 0.29) is 23.8 Å². The normalized spacial score (nSPS) is 19.6. The fourth-order valence-electron chi connectivity index (χ4n) is 3.62. The standard InChI is InChI=1S/C22H28N2O3S/c1-3-27-14-5-13-23-22(26)18-11-12-20(25)24(17-9-7-16(2)8-10-17)21(18)19-6-4-15-28-19/h4,6-10,15,18,21H,3,5,11-14H2,1-2H3,(H,23,26)/t18-,21-/m1/s1. The molecule has 0 unspecified atom stereocenters. The van der Waals surface area contributed by atoms with Crippen LogP contribution in [0.5, 0.6) is 0 Å². The monoisotopic (exact) mass is 400 g/mol. The Kier molecular flexibility index (Phi) is 7.23. The number of carbonyl (C=O) groups excluding carboxylic acids is 2. The number of piperidine rings is 1. The molecule has 150 valence electrons. The number of amides is 2. The summed E-state index contributed by atoms with van der Waals surface area (Å²) in [5.41, 5.74) is 1.99.